The minimum Gasteiger partial charge on any atom is -0.191 e. The maximum atomic E-state index is 14.7. The van der Waals surface area contributed by atoms with Crippen LogP contribution in [0, 0.1) is 5.92 Å². The second kappa shape index (κ2) is 10.0. The molecule has 0 fully saturated rings. The number of benzene rings is 3. The first kappa shape index (κ1) is 28.0. The summed E-state index contributed by atoms with van der Waals surface area (Å²) in [6, 6.07) is 18.7. The van der Waals surface area contributed by atoms with Crippen LogP contribution in [0.2, 0.25) is 0 Å². The molecule has 0 spiro atoms. The van der Waals surface area contributed by atoms with Crippen molar-refractivity contribution in [2.45, 2.75) is 48.4 Å². The average molecular weight is 537 g/mol. The van der Waals surface area contributed by atoms with Crippen LogP contribution in [0.1, 0.15) is 19.4 Å². The van der Waals surface area contributed by atoms with Gasteiger partial charge in [0.25, 0.3) is 0 Å². The highest BCUT2D eigenvalue weighted by molar-refractivity contribution is 8.00. The fourth-order valence-corrected chi connectivity index (χ4v) is 4.70. The second-order valence-electron chi connectivity index (χ2n) is 8.57. The van der Waals surface area contributed by atoms with Crippen molar-refractivity contribution < 1.29 is 39.5 Å². The van der Waals surface area contributed by atoms with Crippen LogP contribution >= 0.6 is 11.8 Å². The van der Waals surface area contributed by atoms with Gasteiger partial charge in [0, 0.05) is 10.5 Å². The van der Waals surface area contributed by atoms with Gasteiger partial charge in [-0.05, 0) is 52.4 Å². The Labute approximate surface area is 206 Å². The molecule has 0 unspecified atom stereocenters. The third-order valence-corrected chi connectivity index (χ3v) is 6.43. The van der Waals surface area contributed by atoms with E-state index < -0.39 is 39.9 Å². The normalized spacial score (nSPS) is 13.3. The van der Waals surface area contributed by atoms with Crippen molar-refractivity contribution in [1.82, 2.24) is 0 Å². The van der Waals surface area contributed by atoms with Crippen LogP contribution in [0.15, 0.2) is 77.7 Å². The zero-order valence-corrected chi connectivity index (χ0v) is 19.8. The maximum absolute atomic E-state index is 14.7. The fourth-order valence-electron chi connectivity index (χ4n) is 3.71. The number of thioether (sulfide) groups is 1. The summed E-state index contributed by atoms with van der Waals surface area (Å²) < 4.78 is 123. The van der Waals surface area contributed by atoms with Gasteiger partial charge in [0.05, 0.1) is 0 Å². The van der Waals surface area contributed by atoms with E-state index >= 15 is 0 Å². The topological polar surface area (TPSA) is 0 Å². The maximum Gasteiger partial charge on any atom is 0.460 e. The highest BCUT2D eigenvalue weighted by atomic mass is 32.2. The van der Waals surface area contributed by atoms with E-state index in [1.165, 1.54) is 18.2 Å². The summed E-state index contributed by atoms with van der Waals surface area (Å²) >= 11 is -1.01. The number of halogens is 9. The zero-order valence-electron chi connectivity index (χ0n) is 19.0. The molecule has 0 aliphatic rings. The molecule has 0 bridgehead atoms. The van der Waals surface area contributed by atoms with Gasteiger partial charge >= 0.3 is 23.3 Å². The Hall–Kier alpha value is -2.62. The highest BCUT2D eigenvalue weighted by Gasteiger charge is 2.82. The quantitative estimate of drug-likeness (QED) is 0.204. The van der Waals surface area contributed by atoms with Gasteiger partial charge in [0.1, 0.15) is 0 Å². The summed E-state index contributed by atoms with van der Waals surface area (Å²) in [7, 11) is 0. The number of alkyl halides is 9. The summed E-state index contributed by atoms with van der Waals surface area (Å²) in [5.41, 5.74) is 1.98. The van der Waals surface area contributed by atoms with Crippen LogP contribution in [0.3, 0.4) is 0 Å². The Morgan fingerprint density at radius 2 is 1.08 bits per heavy atom. The molecule has 3 rings (SSSR count). The van der Waals surface area contributed by atoms with Gasteiger partial charge in [-0.15, -0.1) is 0 Å². The Kier molecular flexibility index (Phi) is 7.79. The molecular weight excluding hydrogens is 515 g/mol. The van der Waals surface area contributed by atoms with Crippen LogP contribution in [-0.2, 0) is 6.42 Å². The first-order valence-corrected chi connectivity index (χ1v) is 11.6. The number of rotatable bonds is 8. The Morgan fingerprint density at radius 1 is 0.611 bits per heavy atom. The lowest BCUT2D eigenvalue weighted by Crippen LogP contribution is -2.59. The van der Waals surface area contributed by atoms with Crippen LogP contribution in [0.5, 0.6) is 0 Å². The van der Waals surface area contributed by atoms with E-state index in [-0.39, 0.29) is 11.5 Å². The molecule has 36 heavy (non-hydrogen) atoms. The minimum absolute atomic E-state index is 0.0377. The predicted octanol–water partition coefficient (Wildman–Crippen LogP) is 9.74. The zero-order chi connectivity index (χ0) is 26.9. The van der Waals surface area contributed by atoms with Crippen molar-refractivity contribution >= 4 is 11.8 Å². The van der Waals surface area contributed by atoms with Gasteiger partial charge in [0.2, 0.25) is 0 Å². The van der Waals surface area contributed by atoms with Crippen molar-refractivity contribution in [2.24, 2.45) is 5.92 Å². The van der Waals surface area contributed by atoms with Crippen molar-refractivity contribution in [3.63, 3.8) is 0 Å². The first-order chi connectivity index (χ1) is 16.6. The van der Waals surface area contributed by atoms with Crippen molar-refractivity contribution in [1.29, 1.82) is 0 Å². The minimum atomic E-state index is -6.96. The molecule has 0 saturated carbocycles. The standard InChI is InChI=1S/C26H21F9S/c1-16(2)15-19-13-14-20(36-26(34,35)24(29,30)23(27,28)25(31,32)33)22(18-11-7-4-8-12-18)21(19)17-9-5-3-6-10-17/h3-14,16H,15H2,1-2H3. The summed E-state index contributed by atoms with van der Waals surface area (Å²) in [4.78, 5) is -0.560. The number of hydrogen-bond acceptors (Lipinski definition) is 1. The monoisotopic (exact) mass is 536 g/mol. The Balaban J connectivity index is 2.28. The molecule has 3 aromatic carbocycles. The molecule has 0 aliphatic heterocycles. The van der Waals surface area contributed by atoms with Crippen LogP contribution in [-0.4, -0.2) is 23.3 Å². The van der Waals surface area contributed by atoms with Gasteiger partial charge in [-0.1, -0.05) is 80.6 Å². The molecule has 0 radical (unpaired) electrons. The molecular formula is C26H21F9S. The van der Waals surface area contributed by atoms with E-state index in [1.807, 2.05) is 13.8 Å². The molecule has 10 heteroatoms. The van der Waals surface area contributed by atoms with E-state index in [1.54, 1.807) is 48.5 Å². The van der Waals surface area contributed by atoms with E-state index in [4.69, 9.17) is 0 Å². The van der Waals surface area contributed by atoms with E-state index in [2.05, 4.69) is 0 Å². The second-order valence-corrected chi connectivity index (χ2v) is 9.72. The Morgan fingerprint density at radius 3 is 1.53 bits per heavy atom. The smallest absolute Gasteiger partial charge is 0.191 e. The average Bonchev–Trinajstić information content (AvgIpc) is 2.79. The lowest BCUT2D eigenvalue weighted by Gasteiger charge is -2.33. The molecule has 0 nitrogen and oxygen atoms in total. The van der Waals surface area contributed by atoms with Crippen molar-refractivity contribution in [3.8, 4) is 22.3 Å². The molecule has 0 aromatic heterocycles. The predicted molar refractivity (Wildman–Crippen MR) is 123 cm³/mol. The van der Waals surface area contributed by atoms with Crippen molar-refractivity contribution in [2.75, 3.05) is 0 Å². The lowest BCUT2D eigenvalue weighted by molar-refractivity contribution is -0.381. The molecule has 0 atom stereocenters. The highest BCUT2D eigenvalue weighted by Crippen LogP contribution is 2.59. The Bertz CT molecular complexity index is 1170. The molecule has 0 aliphatic carbocycles. The summed E-state index contributed by atoms with van der Waals surface area (Å²) in [6.45, 7) is 3.82. The summed E-state index contributed by atoms with van der Waals surface area (Å²) in [5, 5.41) is -5.80. The van der Waals surface area contributed by atoms with Gasteiger partial charge in [-0.3, -0.25) is 0 Å². The SMILES string of the molecule is CC(C)Cc1ccc(SC(F)(F)C(F)(F)C(F)(F)C(F)(F)F)c(-c2ccccc2)c1-c1ccccc1. The van der Waals surface area contributed by atoms with Crippen LogP contribution in [0.4, 0.5) is 39.5 Å². The summed E-state index contributed by atoms with van der Waals surface area (Å²) in [5.74, 6) is -13.6. The first-order valence-electron chi connectivity index (χ1n) is 10.8. The molecule has 194 valence electrons. The number of hydrogen-bond donors (Lipinski definition) is 0. The van der Waals surface area contributed by atoms with Gasteiger partial charge in [-0.25, -0.2) is 0 Å². The molecule has 0 saturated heterocycles. The van der Waals surface area contributed by atoms with Gasteiger partial charge in [-0.2, -0.15) is 39.5 Å². The van der Waals surface area contributed by atoms with Gasteiger partial charge in [0.15, 0.2) is 0 Å². The van der Waals surface area contributed by atoms with Crippen LogP contribution < -0.4 is 0 Å². The fraction of sp³-hybridized carbons (Fsp3) is 0.308. The lowest BCUT2D eigenvalue weighted by atomic mass is 9.87. The molecule has 0 amide bonds. The van der Waals surface area contributed by atoms with E-state index in [0.717, 1.165) is 6.07 Å². The van der Waals surface area contributed by atoms with Crippen molar-refractivity contribution in [3.05, 3.63) is 78.4 Å². The summed E-state index contributed by atoms with van der Waals surface area (Å²) in [6.07, 6.45) is -6.41. The molecule has 3 aromatic rings. The third-order valence-electron chi connectivity index (χ3n) is 5.36. The van der Waals surface area contributed by atoms with E-state index in [0.29, 0.717) is 28.7 Å². The largest absolute Gasteiger partial charge is 0.460 e. The third kappa shape index (κ3) is 5.23. The molecule has 0 N–H and O–H groups in total. The molecule has 0 heterocycles. The van der Waals surface area contributed by atoms with Gasteiger partial charge < -0.3 is 0 Å². The van der Waals surface area contributed by atoms with Crippen LogP contribution in [0.25, 0.3) is 22.3 Å². The van der Waals surface area contributed by atoms with E-state index in [9.17, 15) is 39.5 Å².